The van der Waals surface area contributed by atoms with Gasteiger partial charge in [-0.15, -0.1) is 11.3 Å². The number of carbonyl (C=O) groups is 1. The van der Waals surface area contributed by atoms with Gasteiger partial charge in [0.1, 0.15) is 27.6 Å². The van der Waals surface area contributed by atoms with E-state index in [0.717, 1.165) is 11.3 Å². The standard InChI is InChI=1S/C17H16Cl2N6OS/c1-10-23-14(9-15(24-10)25-13-4-2-3-5-20-13)21-6-7-22-17(26)11-8-12(18)27-16(11)19/h2-5,8-9H,6-7H2,1H3,(H,22,26)(H2,20,21,23,24,25). The monoisotopic (exact) mass is 422 g/mol. The molecule has 0 bridgehead atoms. The zero-order chi connectivity index (χ0) is 19.2. The molecule has 3 N–H and O–H groups in total. The lowest BCUT2D eigenvalue weighted by molar-refractivity contribution is 0.0956. The van der Waals surface area contributed by atoms with Gasteiger partial charge in [-0.05, 0) is 25.1 Å². The van der Waals surface area contributed by atoms with E-state index in [9.17, 15) is 4.79 Å². The minimum atomic E-state index is -0.263. The molecule has 0 aromatic carbocycles. The second-order valence-corrected chi connectivity index (χ2v) is 7.73. The Morgan fingerprint density at radius 2 is 1.93 bits per heavy atom. The summed E-state index contributed by atoms with van der Waals surface area (Å²) in [5.74, 6) is 2.32. The molecule has 0 atom stereocenters. The largest absolute Gasteiger partial charge is 0.368 e. The molecule has 0 aliphatic carbocycles. The Morgan fingerprint density at radius 3 is 2.63 bits per heavy atom. The van der Waals surface area contributed by atoms with Crippen LogP contribution in [0.5, 0.6) is 0 Å². The molecule has 0 saturated heterocycles. The predicted molar refractivity (Wildman–Crippen MR) is 109 cm³/mol. The summed E-state index contributed by atoms with van der Waals surface area (Å²) < 4.78 is 0.856. The number of anilines is 3. The van der Waals surface area contributed by atoms with E-state index in [4.69, 9.17) is 23.2 Å². The summed E-state index contributed by atoms with van der Waals surface area (Å²) in [5.41, 5.74) is 0.381. The maximum absolute atomic E-state index is 12.1. The number of nitrogens with one attached hydrogen (secondary N) is 3. The maximum atomic E-state index is 12.1. The van der Waals surface area contributed by atoms with Crippen molar-refractivity contribution in [3.63, 3.8) is 0 Å². The summed E-state index contributed by atoms with van der Waals surface area (Å²) >= 11 is 13.0. The Kier molecular flexibility index (Phi) is 6.44. The molecule has 0 saturated carbocycles. The van der Waals surface area contributed by atoms with Crippen molar-refractivity contribution < 1.29 is 4.79 Å². The third-order valence-corrected chi connectivity index (χ3v) is 4.86. The van der Waals surface area contributed by atoms with E-state index < -0.39 is 0 Å². The Labute approximate surface area is 170 Å². The van der Waals surface area contributed by atoms with Gasteiger partial charge in [0.05, 0.1) is 9.90 Å². The van der Waals surface area contributed by atoms with Gasteiger partial charge in [-0.1, -0.05) is 29.3 Å². The minimum absolute atomic E-state index is 0.263. The zero-order valence-electron chi connectivity index (χ0n) is 14.3. The highest BCUT2D eigenvalue weighted by Gasteiger charge is 2.13. The summed E-state index contributed by atoms with van der Waals surface area (Å²) in [7, 11) is 0. The first-order chi connectivity index (χ1) is 13.0. The summed E-state index contributed by atoms with van der Waals surface area (Å²) in [5, 5.41) is 9.07. The van der Waals surface area contributed by atoms with Crippen molar-refractivity contribution in [2.24, 2.45) is 0 Å². The summed E-state index contributed by atoms with van der Waals surface area (Å²) in [6.07, 6.45) is 1.70. The fourth-order valence-electron chi connectivity index (χ4n) is 2.25. The molecule has 3 aromatic rings. The number of amides is 1. The number of thiophene rings is 1. The minimum Gasteiger partial charge on any atom is -0.368 e. The van der Waals surface area contributed by atoms with E-state index in [1.54, 1.807) is 25.3 Å². The molecule has 0 fully saturated rings. The van der Waals surface area contributed by atoms with Crippen molar-refractivity contribution in [3.05, 3.63) is 56.6 Å². The Morgan fingerprint density at radius 1 is 1.11 bits per heavy atom. The Balaban J connectivity index is 1.53. The Bertz CT molecular complexity index is 934. The van der Waals surface area contributed by atoms with Crippen LogP contribution in [0.15, 0.2) is 36.5 Å². The van der Waals surface area contributed by atoms with Crippen LogP contribution in [0.1, 0.15) is 16.2 Å². The van der Waals surface area contributed by atoms with Crippen molar-refractivity contribution in [2.75, 3.05) is 23.7 Å². The van der Waals surface area contributed by atoms with Crippen LogP contribution in [-0.2, 0) is 0 Å². The SMILES string of the molecule is Cc1nc(NCCNC(=O)c2cc(Cl)sc2Cl)cc(Nc2ccccn2)n1. The zero-order valence-corrected chi connectivity index (χ0v) is 16.6. The second-order valence-electron chi connectivity index (χ2n) is 5.45. The van der Waals surface area contributed by atoms with Gasteiger partial charge in [0.15, 0.2) is 0 Å². The highest BCUT2D eigenvalue weighted by atomic mass is 35.5. The van der Waals surface area contributed by atoms with Crippen molar-refractivity contribution in [1.82, 2.24) is 20.3 Å². The van der Waals surface area contributed by atoms with Crippen LogP contribution in [0.2, 0.25) is 8.67 Å². The lowest BCUT2D eigenvalue weighted by Gasteiger charge is -2.10. The number of aromatic nitrogens is 3. The summed E-state index contributed by atoms with van der Waals surface area (Å²) in [6.45, 7) is 2.69. The number of carbonyl (C=O) groups excluding carboxylic acids is 1. The first-order valence-electron chi connectivity index (χ1n) is 8.02. The van der Waals surface area contributed by atoms with Crippen LogP contribution in [0, 0.1) is 6.92 Å². The molecule has 3 rings (SSSR count). The molecule has 0 radical (unpaired) electrons. The number of hydrogen-bond acceptors (Lipinski definition) is 7. The van der Waals surface area contributed by atoms with Gasteiger partial charge in [0.2, 0.25) is 0 Å². The van der Waals surface area contributed by atoms with Crippen molar-refractivity contribution >= 4 is 57.9 Å². The van der Waals surface area contributed by atoms with Crippen LogP contribution >= 0.6 is 34.5 Å². The third kappa shape index (κ3) is 5.53. The van der Waals surface area contributed by atoms with Gasteiger partial charge in [-0.3, -0.25) is 4.79 Å². The van der Waals surface area contributed by atoms with Gasteiger partial charge in [-0.2, -0.15) is 0 Å². The number of hydrogen-bond donors (Lipinski definition) is 3. The fraction of sp³-hybridized carbons (Fsp3) is 0.176. The van der Waals surface area contributed by atoms with Gasteiger partial charge in [0, 0.05) is 25.4 Å². The van der Waals surface area contributed by atoms with Crippen molar-refractivity contribution in [2.45, 2.75) is 6.92 Å². The van der Waals surface area contributed by atoms with E-state index in [1.165, 1.54) is 0 Å². The smallest absolute Gasteiger partial charge is 0.253 e. The molecule has 7 nitrogen and oxygen atoms in total. The van der Waals surface area contributed by atoms with Gasteiger partial charge < -0.3 is 16.0 Å². The van der Waals surface area contributed by atoms with Crippen LogP contribution in [0.25, 0.3) is 0 Å². The first kappa shape index (κ1) is 19.3. The average molecular weight is 423 g/mol. The molecular weight excluding hydrogens is 407 g/mol. The highest BCUT2D eigenvalue weighted by Crippen LogP contribution is 2.30. The molecule has 10 heteroatoms. The van der Waals surface area contributed by atoms with E-state index >= 15 is 0 Å². The molecular formula is C17H16Cl2N6OS. The predicted octanol–water partition coefficient (Wildman–Crippen LogP) is 4.13. The molecule has 0 aliphatic heterocycles. The van der Waals surface area contributed by atoms with Gasteiger partial charge in [0.25, 0.3) is 5.91 Å². The number of halogens is 2. The number of rotatable bonds is 7. The fourth-order valence-corrected chi connectivity index (χ4v) is 3.71. The van der Waals surface area contributed by atoms with E-state index in [1.807, 2.05) is 18.2 Å². The van der Waals surface area contributed by atoms with E-state index in [-0.39, 0.29) is 5.91 Å². The van der Waals surface area contributed by atoms with Gasteiger partial charge >= 0.3 is 0 Å². The number of pyridine rings is 1. The highest BCUT2D eigenvalue weighted by molar-refractivity contribution is 7.20. The van der Waals surface area contributed by atoms with Crippen LogP contribution in [0.3, 0.4) is 0 Å². The maximum Gasteiger partial charge on any atom is 0.253 e. The number of aryl methyl sites for hydroxylation is 1. The third-order valence-electron chi connectivity index (χ3n) is 3.38. The summed E-state index contributed by atoms with van der Waals surface area (Å²) in [4.78, 5) is 25.0. The molecule has 1 amide bonds. The van der Waals surface area contributed by atoms with Crippen LogP contribution < -0.4 is 16.0 Å². The van der Waals surface area contributed by atoms with Crippen LogP contribution in [-0.4, -0.2) is 33.9 Å². The molecule has 0 unspecified atom stereocenters. The van der Waals surface area contributed by atoms with Crippen LogP contribution in [0.4, 0.5) is 17.5 Å². The molecule has 0 aliphatic rings. The second kappa shape index (κ2) is 8.98. The van der Waals surface area contributed by atoms with E-state index in [2.05, 4.69) is 30.9 Å². The topological polar surface area (TPSA) is 91.8 Å². The first-order valence-corrected chi connectivity index (χ1v) is 9.59. The molecule has 27 heavy (non-hydrogen) atoms. The van der Waals surface area contributed by atoms with E-state index in [0.29, 0.717) is 50.6 Å². The normalized spacial score (nSPS) is 10.5. The molecule has 140 valence electrons. The lowest BCUT2D eigenvalue weighted by atomic mass is 10.3. The average Bonchev–Trinajstić information content (AvgIpc) is 2.97. The Hall–Kier alpha value is -2.42. The van der Waals surface area contributed by atoms with Gasteiger partial charge in [-0.25, -0.2) is 15.0 Å². The number of nitrogens with zero attached hydrogens (tertiary/aromatic N) is 3. The lowest BCUT2D eigenvalue weighted by Crippen LogP contribution is -2.28. The molecule has 3 heterocycles. The van der Waals surface area contributed by atoms with Crippen molar-refractivity contribution in [3.8, 4) is 0 Å². The molecule has 3 aromatic heterocycles. The molecule has 0 spiro atoms. The van der Waals surface area contributed by atoms with Crippen molar-refractivity contribution in [1.29, 1.82) is 0 Å². The summed E-state index contributed by atoms with van der Waals surface area (Å²) in [6, 6.07) is 8.91. The quantitative estimate of drug-likeness (QED) is 0.495.